The van der Waals surface area contributed by atoms with E-state index in [1.165, 1.54) is 6.92 Å². The van der Waals surface area contributed by atoms with Crippen molar-refractivity contribution < 1.29 is 4.79 Å². The standard InChI is InChI=1S/C13H15N3O/c1-10(17)14-8-7-12-9-13(16-15-12)11-5-3-2-4-6-11/h2-6,9H,7-8H2,1H3,(H,14,17)(H,15,16). The van der Waals surface area contributed by atoms with Crippen LogP contribution in [-0.4, -0.2) is 22.6 Å². The van der Waals surface area contributed by atoms with Crippen molar-refractivity contribution in [1.29, 1.82) is 0 Å². The van der Waals surface area contributed by atoms with E-state index in [2.05, 4.69) is 15.5 Å². The van der Waals surface area contributed by atoms with E-state index >= 15 is 0 Å². The van der Waals surface area contributed by atoms with E-state index in [4.69, 9.17) is 0 Å². The largest absolute Gasteiger partial charge is 0.356 e. The molecular formula is C13H15N3O. The molecule has 88 valence electrons. The predicted octanol–water partition coefficient (Wildman–Crippen LogP) is 1.76. The van der Waals surface area contributed by atoms with Crippen LogP contribution in [0.4, 0.5) is 0 Å². The van der Waals surface area contributed by atoms with E-state index in [0.717, 1.165) is 23.4 Å². The fourth-order valence-electron chi connectivity index (χ4n) is 1.62. The summed E-state index contributed by atoms with van der Waals surface area (Å²) in [7, 11) is 0. The lowest BCUT2D eigenvalue weighted by Gasteiger charge is -1.98. The summed E-state index contributed by atoms with van der Waals surface area (Å²) in [5.41, 5.74) is 3.05. The van der Waals surface area contributed by atoms with Gasteiger partial charge in [0.25, 0.3) is 0 Å². The molecule has 0 fully saturated rings. The van der Waals surface area contributed by atoms with E-state index in [9.17, 15) is 4.79 Å². The maximum absolute atomic E-state index is 10.7. The number of benzene rings is 1. The van der Waals surface area contributed by atoms with Gasteiger partial charge in [-0.05, 0) is 6.07 Å². The van der Waals surface area contributed by atoms with E-state index in [1.807, 2.05) is 36.4 Å². The molecule has 0 aliphatic heterocycles. The Morgan fingerprint density at radius 1 is 1.35 bits per heavy atom. The lowest BCUT2D eigenvalue weighted by molar-refractivity contribution is -0.118. The lowest BCUT2D eigenvalue weighted by Crippen LogP contribution is -2.22. The smallest absolute Gasteiger partial charge is 0.216 e. The molecule has 1 aromatic carbocycles. The molecule has 2 rings (SSSR count). The average molecular weight is 229 g/mol. The number of hydrogen-bond donors (Lipinski definition) is 2. The zero-order valence-corrected chi connectivity index (χ0v) is 9.73. The van der Waals surface area contributed by atoms with Crippen LogP contribution < -0.4 is 5.32 Å². The Kier molecular flexibility index (Phi) is 3.55. The van der Waals surface area contributed by atoms with Crippen LogP contribution in [0.5, 0.6) is 0 Å². The molecule has 0 aliphatic rings. The SMILES string of the molecule is CC(=O)NCCc1cc(-c2ccccc2)n[nH]1. The molecule has 1 aromatic heterocycles. The second kappa shape index (κ2) is 5.30. The average Bonchev–Trinajstić information content (AvgIpc) is 2.78. The number of carbonyl (C=O) groups is 1. The molecule has 2 aromatic rings. The lowest BCUT2D eigenvalue weighted by atomic mass is 10.1. The Labute approximate surface area is 100 Å². The molecule has 1 heterocycles. The maximum Gasteiger partial charge on any atom is 0.216 e. The second-order valence-electron chi connectivity index (χ2n) is 3.88. The third-order valence-electron chi connectivity index (χ3n) is 2.47. The monoisotopic (exact) mass is 229 g/mol. The molecule has 2 N–H and O–H groups in total. The topological polar surface area (TPSA) is 57.8 Å². The van der Waals surface area contributed by atoms with Crippen molar-refractivity contribution in [3.8, 4) is 11.3 Å². The third kappa shape index (κ3) is 3.17. The van der Waals surface area contributed by atoms with E-state index < -0.39 is 0 Å². The highest BCUT2D eigenvalue weighted by Gasteiger charge is 2.03. The van der Waals surface area contributed by atoms with Gasteiger partial charge >= 0.3 is 0 Å². The molecule has 0 radical (unpaired) electrons. The molecule has 4 heteroatoms. The van der Waals surface area contributed by atoms with Crippen molar-refractivity contribution in [2.45, 2.75) is 13.3 Å². The number of hydrogen-bond acceptors (Lipinski definition) is 2. The number of aromatic nitrogens is 2. The van der Waals surface area contributed by atoms with Gasteiger partial charge in [-0.25, -0.2) is 0 Å². The van der Waals surface area contributed by atoms with Crippen molar-refractivity contribution >= 4 is 5.91 Å². The summed E-state index contributed by atoms with van der Waals surface area (Å²) in [5.74, 6) is -0.00667. The van der Waals surface area contributed by atoms with Gasteiger partial charge in [-0.15, -0.1) is 0 Å². The van der Waals surface area contributed by atoms with Gasteiger partial charge in [-0.3, -0.25) is 9.89 Å². The Balaban J connectivity index is 1.99. The van der Waals surface area contributed by atoms with Crippen LogP contribution >= 0.6 is 0 Å². The molecule has 0 bridgehead atoms. The highest BCUT2D eigenvalue weighted by molar-refractivity contribution is 5.72. The summed E-state index contributed by atoms with van der Waals surface area (Å²) in [6, 6.07) is 12.0. The molecule has 1 amide bonds. The summed E-state index contributed by atoms with van der Waals surface area (Å²) >= 11 is 0. The summed E-state index contributed by atoms with van der Waals surface area (Å²) in [5, 5.41) is 9.98. The first-order valence-electron chi connectivity index (χ1n) is 5.60. The van der Waals surface area contributed by atoms with Crippen LogP contribution in [-0.2, 0) is 11.2 Å². The van der Waals surface area contributed by atoms with Gasteiger partial charge in [0, 0.05) is 31.1 Å². The molecule has 0 saturated carbocycles. The maximum atomic E-state index is 10.7. The minimum Gasteiger partial charge on any atom is -0.356 e. The number of carbonyl (C=O) groups excluding carboxylic acids is 1. The van der Waals surface area contributed by atoms with Gasteiger partial charge in [0.1, 0.15) is 0 Å². The molecule has 0 spiro atoms. The Bertz CT molecular complexity index is 490. The number of rotatable bonds is 4. The fourth-order valence-corrected chi connectivity index (χ4v) is 1.62. The summed E-state index contributed by atoms with van der Waals surface area (Å²) in [6.45, 7) is 2.15. The Hall–Kier alpha value is -2.10. The fraction of sp³-hybridized carbons (Fsp3) is 0.231. The molecule has 0 saturated heterocycles. The number of H-pyrrole nitrogens is 1. The molecule has 17 heavy (non-hydrogen) atoms. The van der Waals surface area contributed by atoms with E-state index in [-0.39, 0.29) is 5.91 Å². The summed E-state index contributed by atoms with van der Waals surface area (Å²) in [6.07, 6.45) is 0.763. The number of aromatic amines is 1. The Morgan fingerprint density at radius 2 is 2.12 bits per heavy atom. The van der Waals surface area contributed by atoms with Crippen LogP contribution in [0.15, 0.2) is 36.4 Å². The van der Waals surface area contributed by atoms with Crippen LogP contribution in [0, 0.1) is 0 Å². The Morgan fingerprint density at radius 3 is 2.82 bits per heavy atom. The van der Waals surface area contributed by atoms with Crippen molar-refractivity contribution in [2.75, 3.05) is 6.54 Å². The van der Waals surface area contributed by atoms with Gasteiger partial charge in [0.05, 0.1) is 5.69 Å². The zero-order chi connectivity index (χ0) is 12.1. The van der Waals surface area contributed by atoms with Crippen molar-refractivity contribution in [3.63, 3.8) is 0 Å². The number of nitrogens with zero attached hydrogens (tertiary/aromatic N) is 1. The van der Waals surface area contributed by atoms with Gasteiger partial charge in [0.2, 0.25) is 5.91 Å². The first kappa shape index (κ1) is 11.4. The molecule has 0 unspecified atom stereocenters. The highest BCUT2D eigenvalue weighted by atomic mass is 16.1. The molecule has 0 aliphatic carbocycles. The van der Waals surface area contributed by atoms with E-state index in [1.54, 1.807) is 0 Å². The van der Waals surface area contributed by atoms with Crippen LogP contribution in [0.25, 0.3) is 11.3 Å². The van der Waals surface area contributed by atoms with Crippen LogP contribution in [0.1, 0.15) is 12.6 Å². The van der Waals surface area contributed by atoms with E-state index in [0.29, 0.717) is 6.54 Å². The zero-order valence-electron chi connectivity index (χ0n) is 9.73. The van der Waals surface area contributed by atoms with Crippen LogP contribution in [0.2, 0.25) is 0 Å². The second-order valence-corrected chi connectivity index (χ2v) is 3.88. The minimum absolute atomic E-state index is 0.00667. The molecule has 4 nitrogen and oxygen atoms in total. The van der Waals surface area contributed by atoms with Crippen LogP contribution in [0.3, 0.4) is 0 Å². The number of nitrogens with one attached hydrogen (secondary N) is 2. The molecular weight excluding hydrogens is 214 g/mol. The van der Waals surface area contributed by atoms with Gasteiger partial charge in [-0.2, -0.15) is 5.10 Å². The first-order valence-corrected chi connectivity index (χ1v) is 5.60. The van der Waals surface area contributed by atoms with Gasteiger partial charge in [-0.1, -0.05) is 30.3 Å². The normalized spacial score (nSPS) is 10.2. The number of amides is 1. The first-order chi connectivity index (χ1) is 8.25. The van der Waals surface area contributed by atoms with Gasteiger partial charge < -0.3 is 5.32 Å². The predicted molar refractivity (Wildman–Crippen MR) is 66.4 cm³/mol. The highest BCUT2D eigenvalue weighted by Crippen LogP contribution is 2.16. The third-order valence-corrected chi connectivity index (χ3v) is 2.47. The van der Waals surface area contributed by atoms with Crippen molar-refractivity contribution in [1.82, 2.24) is 15.5 Å². The molecule has 0 atom stereocenters. The minimum atomic E-state index is -0.00667. The van der Waals surface area contributed by atoms with Crippen molar-refractivity contribution in [2.24, 2.45) is 0 Å². The summed E-state index contributed by atoms with van der Waals surface area (Å²) < 4.78 is 0. The van der Waals surface area contributed by atoms with Gasteiger partial charge in [0.15, 0.2) is 0 Å². The van der Waals surface area contributed by atoms with Crippen molar-refractivity contribution in [3.05, 3.63) is 42.1 Å². The quantitative estimate of drug-likeness (QED) is 0.839. The summed E-state index contributed by atoms with van der Waals surface area (Å²) in [4.78, 5) is 10.7.